The number of hydrogen-bond acceptors (Lipinski definition) is 14. The summed E-state index contributed by atoms with van der Waals surface area (Å²) in [5, 5.41) is 36.6. The van der Waals surface area contributed by atoms with E-state index >= 15 is 4.79 Å². The maximum absolute atomic E-state index is 15.2. The number of hydrogen-bond donors (Lipinski definition) is 2. The molecule has 16 nitrogen and oxygen atoms in total. The van der Waals surface area contributed by atoms with E-state index in [-0.39, 0.29) is 75.4 Å². The second-order valence-electron chi connectivity index (χ2n) is 18.2. The fourth-order valence-corrected chi connectivity index (χ4v) is 10.4. The molecule has 4 aromatic carbocycles. The molecule has 69 heavy (non-hydrogen) atoms. The van der Waals surface area contributed by atoms with Gasteiger partial charge in [-0.3, -0.25) is 19.9 Å². The number of carbonyl (C=O) groups excluding carboxylic acids is 1. The van der Waals surface area contributed by atoms with Gasteiger partial charge in [0.15, 0.2) is 11.5 Å². The molecule has 0 bridgehead atoms. The molecule has 0 aromatic heterocycles. The van der Waals surface area contributed by atoms with Gasteiger partial charge in [-0.15, -0.1) is 6.58 Å². The Labute approximate surface area is 401 Å². The smallest absolute Gasteiger partial charge is 0.416 e. The minimum atomic E-state index is -1.59. The molecular weight excluding hydrogens is 885 g/mol. The van der Waals surface area contributed by atoms with E-state index in [1.807, 2.05) is 54.6 Å². The number of nitro groups is 1. The number of carbonyl (C=O) groups is 1. The molecule has 4 aromatic rings. The summed E-state index contributed by atoms with van der Waals surface area (Å²) in [4.78, 5) is 36.5. The Morgan fingerprint density at radius 2 is 1.67 bits per heavy atom. The molecule has 9 rings (SSSR count). The van der Waals surface area contributed by atoms with Crippen molar-refractivity contribution in [2.24, 2.45) is 22.9 Å². The Morgan fingerprint density at radius 1 is 0.913 bits per heavy atom. The van der Waals surface area contributed by atoms with Crippen molar-refractivity contribution in [3.8, 4) is 28.7 Å². The van der Waals surface area contributed by atoms with Gasteiger partial charge in [0.25, 0.3) is 5.69 Å². The van der Waals surface area contributed by atoms with E-state index in [9.17, 15) is 20.3 Å². The van der Waals surface area contributed by atoms with Crippen LogP contribution in [-0.4, -0.2) is 101 Å². The number of unbranched alkanes of at least 4 members (excludes halogenated alkanes) is 2. The van der Waals surface area contributed by atoms with Gasteiger partial charge in [0.2, 0.25) is 12.6 Å². The van der Waals surface area contributed by atoms with Crippen LogP contribution in [0.15, 0.2) is 120 Å². The third-order valence-corrected chi connectivity index (χ3v) is 13.8. The number of fused-ring (bicyclic) bond motifs is 3. The number of ether oxygens (including phenoxy) is 6. The average Bonchev–Trinajstić information content (AvgIpc) is 4.07. The lowest BCUT2D eigenvalue weighted by Gasteiger charge is -2.59. The van der Waals surface area contributed by atoms with Crippen LogP contribution < -0.4 is 23.7 Å². The van der Waals surface area contributed by atoms with Crippen LogP contribution in [0.25, 0.3) is 0 Å². The van der Waals surface area contributed by atoms with Gasteiger partial charge in [-0.1, -0.05) is 66.5 Å². The molecule has 2 N–H and O–H groups in total. The molecule has 6 atom stereocenters. The molecule has 16 heteroatoms. The number of amides is 1. The lowest BCUT2D eigenvalue weighted by Crippen LogP contribution is -2.70. The SMILES string of the molecule is C=CCOC12Oc3ccc(OCCN4CC4)cc3C3C(CCCCO)C(CCCCO)C=C(C(=NOCc4ccccc4)CC1N(Cc1ccc4c(c1)OCO4)C(=O)Oc1ccc([N+](=O)[O-])cc1)C32. The molecule has 364 valence electrons. The Morgan fingerprint density at radius 3 is 2.42 bits per heavy atom. The largest absolute Gasteiger partial charge is 0.492 e. The van der Waals surface area contributed by atoms with Crippen molar-refractivity contribution in [3.63, 3.8) is 0 Å². The highest BCUT2D eigenvalue weighted by atomic mass is 16.7. The maximum atomic E-state index is 15.2. The summed E-state index contributed by atoms with van der Waals surface area (Å²) >= 11 is 0. The predicted octanol–water partition coefficient (Wildman–Crippen LogP) is 8.55. The number of aliphatic hydroxyl groups is 2. The van der Waals surface area contributed by atoms with Gasteiger partial charge in [0.1, 0.15) is 36.5 Å². The van der Waals surface area contributed by atoms with Crippen LogP contribution in [0.1, 0.15) is 67.6 Å². The van der Waals surface area contributed by atoms with Gasteiger partial charge in [0, 0.05) is 69.4 Å². The monoisotopic (exact) mass is 944 g/mol. The summed E-state index contributed by atoms with van der Waals surface area (Å²) < 4.78 is 38.6. The molecule has 0 radical (unpaired) electrons. The van der Waals surface area contributed by atoms with E-state index in [0.717, 1.165) is 62.0 Å². The topological polar surface area (TPSA) is 184 Å². The van der Waals surface area contributed by atoms with Gasteiger partial charge in [-0.25, -0.2) is 4.79 Å². The normalized spacial score (nSPS) is 23.5. The molecule has 5 aliphatic rings. The number of allylic oxidation sites excluding steroid dienone is 1. The van der Waals surface area contributed by atoms with Gasteiger partial charge >= 0.3 is 6.09 Å². The summed E-state index contributed by atoms with van der Waals surface area (Å²) in [6.45, 7) is 7.97. The minimum Gasteiger partial charge on any atom is -0.492 e. The summed E-state index contributed by atoms with van der Waals surface area (Å²) in [7, 11) is 0. The van der Waals surface area contributed by atoms with Crippen LogP contribution in [0, 0.1) is 27.9 Å². The second-order valence-corrected chi connectivity index (χ2v) is 18.2. The van der Waals surface area contributed by atoms with Crippen LogP contribution in [0.5, 0.6) is 28.7 Å². The summed E-state index contributed by atoms with van der Waals surface area (Å²) in [5.74, 6) is 0.0531. The van der Waals surface area contributed by atoms with E-state index in [1.165, 1.54) is 24.3 Å². The number of nitrogens with zero attached hydrogens (tertiary/aromatic N) is 4. The molecule has 1 saturated carbocycles. The molecule has 2 aliphatic carbocycles. The lowest BCUT2D eigenvalue weighted by atomic mass is 9.55. The quantitative estimate of drug-likeness (QED) is 0.0237. The van der Waals surface area contributed by atoms with Crippen molar-refractivity contribution in [1.82, 2.24) is 9.80 Å². The van der Waals surface area contributed by atoms with E-state index in [0.29, 0.717) is 53.7 Å². The van der Waals surface area contributed by atoms with Gasteiger partial charge < -0.3 is 43.5 Å². The third kappa shape index (κ3) is 10.7. The molecular formula is C53H60N4O12. The summed E-state index contributed by atoms with van der Waals surface area (Å²) in [6, 6.07) is 25.6. The van der Waals surface area contributed by atoms with Crippen molar-refractivity contribution >= 4 is 17.5 Å². The Kier molecular flexibility index (Phi) is 15.1. The van der Waals surface area contributed by atoms with Crippen molar-refractivity contribution in [3.05, 3.63) is 142 Å². The average molecular weight is 945 g/mol. The van der Waals surface area contributed by atoms with Gasteiger partial charge in [-0.2, -0.15) is 0 Å². The highest BCUT2D eigenvalue weighted by Crippen LogP contribution is 2.62. The number of nitro benzene ring substituents is 1. The number of oxime groups is 1. The molecule has 0 spiro atoms. The second kappa shape index (κ2) is 21.9. The molecule has 1 amide bonds. The first-order valence-electron chi connectivity index (χ1n) is 24.0. The molecule has 3 aliphatic heterocycles. The van der Waals surface area contributed by atoms with Crippen molar-refractivity contribution in [2.75, 3.05) is 52.9 Å². The standard InChI is InChI=1S/C53H60N4O12/c1-2-27-66-53-49(56(33-37-14-20-47-48(29-37)65-35-64-47)52(60)68-40-17-15-39(16-18-40)57(61)62)32-45(54-67-34-36-10-4-3-5-11-36)43-30-38(12-6-8-25-58)42(13-7-9-26-59)50(51(43)53)44-31-41(19-21-46(44)69-53)63-28-24-55-22-23-55/h2-5,10-11,14-21,29-31,38,42,49-51,58-59H,1,6-9,12-13,22-28,32-35H2. The number of aliphatic hydroxyl groups excluding tert-OH is 2. The summed E-state index contributed by atoms with van der Waals surface area (Å²) in [6.07, 6.45) is 7.67. The van der Waals surface area contributed by atoms with Crippen LogP contribution in [0.2, 0.25) is 0 Å². The molecule has 6 unspecified atom stereocenters. The van der Waals surface area contributed by atoms with Gasteiger partial charge in [-0.05, 0) is 96.7 Å². The van der Waals surface area contributed by atoms with Crippen LogP contribution in [0.4, 0.5) is 10.5 Å². The van der Waals surface area contributed by atoms with Crippen LogP contribution >= 0.6 is 0 Å². The zero-order valence-electron chi connectivity index (χ0n) is 38.7. The fraction of sp³-hybridized carbons (Fsp3) is 0.434. The zero-order valence-corrected chi connectivity index (χ0v) is 38.7. The van der Waals surface area contributed by atoms with Crippen molar-refractivity contribution in [1.29, 1.82) is 0 Å². The molecule has 2 fully saturated rings. The molecule has 1 saturated heterocycles. The van der Waals surface area contributed by atoms with Crippen LogP contribution in [-0.2, 0) is 22.7 Å². The Hall–Kier alpha value is -6.46. The van der Waals surface area contributed by atoms with E-state index in [4.69, 9.17) is 38.4 Å². The van der Waals surface area contributed by atoms with E-state index in [2.05, 4.69) is 23.6 Å². The fourth-order valence-electron chi connectivity index (χ4n) is 10.4. The number of benzene rings is 4. The third-order valence-electron chi connectivity index (χ3n) is 13.8. The van der Waals surface area contributed by atoms with Crippen LogP contribution in [0.3, 0.4) is 0 Å². The Balaban J connectivity index is 1.22. The Bertz CT molecular complexity index is 2500. The van der Waals surface area contributed by atoms with Gasteiger partial charge in [0.05, 0.1) is 23.2 Å². The van der Waals surface area contributed by atoms with E-state index in [1.54, 1.807) is 17.0 Å². The zero-order chi connectivity index (χ0) is 47.7. The van der Waals surface area contributed by atoms with Crippen molar-refractivity contribution in [2.45, 2.75) is 75.8 Å². The van der Waals surface area contributed by atoms with Crippen molar-refractivity contribution < 1.29 is 53.2 Å². The van der Waals surface area contributed by atoms with E-state index < -0.39 is 28.8 Å². The highest BCUT2D eigenvalue weighted by Gasteiger charge is 2.66. The highest BCUT2D eigenvalue weighted by molar-refractivity contribution is 6.03. The lowest BCUT2D eigenvalue weighted by molar-refractivity contribution is -0.384. The first-order valence-corrected chi connectivity index (χ1v) is 24.0. The number of rotatable bonds is 23. The first-order chi connectivity index (χ1) is 33.8. The first kappa shape index (κ1) is 47.6. The molecule has 3 heterocycles. The maximum Gasteiger partial charge on any atom is 0.416 e. The number of non-ortho nitro benzene ring substituents is 1. The summed E-state index contributed by atoms with van der Waals surface area (Å²) in [5.41, 5.74) is 3.91. The predicted molar refractivity (Wildman–Crippen MR) is 255 cm³/mol. The minimum absolute atomic E-state index is 0.00854.